The number of carbonyl (C=O) groups excluding carboxylic acids is 1. The largest absolute Gasteiger partial charge is 0.484 e. The first-order valence-corrected chi connectivity index (χ1v) is 12.2. The summed E-state index contributed by atoms with van der Waals surface area (Å²) in [5.41, 5.74) is 4.16. The molecule has 1 amide bonds. The zero-order valence-corrected chi connectivity index (χ0v) is 20.2. The Hall–Kier alpha value is -3.85. The van der Waals surface area contributed by atoms with Gasteiger partial charge in [0.05, 0.1) is 17.7 Å². The van der Waals surface area contributed by atoms with Crippen molar-refractivity contribution >= 4 is 23.4 Å². The molecule has 178 valence electrons. The minimum Gasteiger partial charge on any atom is -0.484 e. The van der Waals surface area contributed by atoms with Crippen LogP contribution in [-0.2, 0) is 11.4 Å². The summed E-state index contributed by atoms with van der Waals surface area (Å²) in [6.45, 7) is 4.21. The lowest BCUT2D eigenvalue weighted by Crippen LogP contribution is -2.28. The van der Waals surface area contributed by atoms with E-state index in [0.717, 1.165) is 22.6 Å². The van der Waals surface area contributed by atoms with Gasteiger partial charge in [-0.3, -0.25) is 4.79 Å². The second-order valence-corrected chi connectivity index (χ2v) is 9.17. The number of carbonyl (C=O) groups is 1. The second kappa shape index (κ2) is 10.2. The Morgan fingerprint density at radius 2 is 1.80 bits per heavy atom. The molecule has 1 aliphatic heterocycles. The lowest BCUT2D eigenvalue weighted by Gasteiger charge is -2.19. The number of furan rings is 1. The maximum Gasteiger partial charge on any atom is 0.277 e. The standard InChI is InChI=1S/C26H24N4O4S/c1-17-5-9-19(10-6-17)21-14-22(23-4-3-13-32-23)30(29-21)25(31)16-35-26-28-27-24(34-26)15-33-20-11-7-18(2)8-12-20/h3-13,22H,14-16H2,1-2H3. The summed E-state index contributed by atoms with van der Waals surface area (Å²) < 4.78 is 16.9. The Kier molecular flexibility index (Phi) is 6.67. The maximum atomic E-state index is 13.1. The van der Waals surface area contributed by atoms with Crippen LogP contribution in [0.1, 0.15) is 40.8 Å². The third kappa shape index (κ3) is 5.46. The first-order valence-electron chi connectivity index (χ1n) is 11.2. The zero-order chi connectivity index (χ0) is 24.2. The summed E-state index contributed by atoms with van der Waals surface area (Å²) in [5, 5.41) is 14.5. The molecule has 1 aliphatic rings. The number of nitrogens with zero attached hydrogens (tertiary/aromatic N) is 4. The molecule has 2 aromatic carbocycles. The summed E-state index contributed by atoms with van der Waals surface area (Å²) >= 11 is 1.17. The summed E-state index contributed by atoms with van der Waals surface area (Å²) in [4.78, 5) is 13.1. The second-order valence-electron chi connectivity index (χ2n) is 8.24. The first-order chi connectivity index (χ1) is 17.0. The predicted octanol–water partition coefficient (Wildman–Crippen LogP) is 5.33. The van der Waals surface area contributed by atoms with Gasteiger partial charge in [-0.15, -0.1) is 10.2 Å². The van der Waals surface area contributed by atoms with Gasteiger partial charge < -0.3 is 13.6 Å². The van der Waals surface area contributed by atoms with Crippen molar-refractivity contribution < 1.29 is 18.4 Å². The average molecular weight is 489 g/mol. The van der Waals surface area contributed by atoms with Gasteiger partial charge in [0.15, 0.2) is 6.61 Å². The lowest BCUT2D eigenvalue weighted by atomic mass is 10.0. The van der Waals surface area contributed by atoms with E-state index in [9.17, 15) is 4.79 Å². The number of aromatic nitrogens is 2. The molecule has 9 heteroatoms. The molecule has 0 saturated heterocycles. The molecular formula is C26H24N4O4S. The van der Waals surface area contributed by atoms with Crippen molar-refractivity contribution in [3.63, 3.8) is 0 Å². The van der Waals surface area contributed by atoms with Crippen molar-refractivity contribution in [3.8, 4) is 5.75 Å². The van der Waals surface area contributed by atoms with Crippen LogP contribution < -0.4 is 4.74 Å². The summed E-state index contributed by atoms with van der Waals surface area (Å²) in [5.74, 6) is 1.69. The third-order valence-electron chi connectivity index (χ3n) is 5.57. The van der Waals surface area contributed by atoms with Crippen molar-refractivity contribution in [2.45, 2.75) is 38.1 Å². The van der Waals surface area contributed by atoms with Crippen LogP contribution in [0.5, 0.6) is 5.75 Å². The fourth-order valence-corrected chi connectivity index (χ4v) is 4.32. The molecule has 0 bridgehead atoms. The number of hydrazone groups is 1. The molecule has 0 aliphatic carbocycles. The minimum atomic E-state index is -0.296. The SMILES string of the molecule is Cc1ccc(OCc2nnc(SCC(=O)N3N=C(c4ccc(C)cc4)CC3c3ccco3)o2)cc1. The van der Waals surface area contributed by atoms with Gasteiger partial charge in [0.2, 0.25) is 0 Å². The molecule has 0 radical (unpaired) electrons. The summed E-state index contributed by atoms with van der Waals surface area (Å²) in [6.07, 6.45) is 2.18. The quantitative estimate of drug-likeness (QED) is 0.310. The van der Waals surface area contributed by atoms with Crippen molar-refractivity contribution in [2.75, 3.05) is 5.75 Å². The topological polar surface area (TPSA) is 94.0 Å². The summed E-state index contributed by atoms with van der Waals surface area (Å²) in [7, 11) is 0. The van der Waals surface area contributed by atoms with Crippen LogP contribution in [0.4, 0.5) is 0 Å². The zero-order valence-electron chi connectivity index (χ0n) is 19.4. The van der Waals surface area contributed by atoms with Crippen LogP contribution in [-0.4, -0.2) is 32.6 Å². The van der Waals surface area contributed by atoms with E-state index in [0.29, 0.717) is 23.3 Å². The van der Waals surface area contributed by atoms with Crippen molar-refractivity contribution in [1.82, 2.24) is 15.2 Å². The van der Waals surface area contributed by atoms with Gasteiger partial charge in [0.1, 0.15) is 17.6 Å². The highest BCUT2D eigenvalue weighted by Crippen LogP contribution is 2.34. The summed E-state index contributed by atoms with van der Waals surface area (Å²) in [6, 6.07) is 19.2. The van der Waals surface area contributed by atoms with Crippen molar-refractivity contribution in [3.05, 3.63) is 95.3 Å². The lowest BCUT2D eigenvalue weighted by molar-refractivity contribution is -0.130. The van der Waals surface area contributed by atoms with E-state index in [1.165, 1.54) is 22.3 Å². The molecule has 1 unspecified atom stereocenters. The van der Waals surface area contributed by atoms with Crippen LogP contribution in [0.2, 0.25) is 0 Å². The molecule has 5 rings (SSSR count). The molecule has 2 aromatic heterocycles. The molecule has 0 N–H and O–H groups in total. The number of hydrogen-bond acceptors (Lipinski definition) is 8. The molecule has 8 nitrogen and oxygen atoms in total. The normalized spacial score (nSPS) is 15.3. The van der Waals surface area contributed by atoms with Crippen molar-refractivity contribution in [1.29, 1.82) is 0 Å². The molecule has 0 fully saturated rings. The van der Waals surface area contributed by atoms with E-state index in [1.807, 2.05) is 74.5 Å². The number of thioether (sulfide) groups is 1. The number of rotatable bonds is 8. The highest BCUT2D eigenvalue weighted by atomic mass is 32.2. The monoisotopic (exact) mass is 488 g/mol. The Balaban J connectivity index is 1.23. The van der Waals surface area contributed by atoms with Gasteiger partial charge in [-0.1, -0.05) is 59.3 Å². The maximum absolute atomic E-state index is 13.1. The van der Waals surface area contributed by atoms with Gasteiger partial charge >= 0.3 is 0 Å². The van der Waals surface area contributed by atoms with E-state index < -0.39 is 0 Å². The molecule has 0 saturated carbocycles. The number of ether oxygens (including phenoxy) is 1. The highest BCUT2D eigenvalue weighted by Gasteiger charge is 2.35. The van der Waals surface area contributed by atoms with Crippen LogP contribution >= 0.6 is 11.8 Å². The number of benzene rings is 2. The molecular weight excluding hydrogens is 464 g/mol. The smallest absolute Gasteiger partial charge is 0.277 e. The van der Waals surface area contributed by atoms with Crippen LogP contribution in [0, 0.1) is 13.8 Å². The molecule has 35 heavy (non-hydrogen) atoms. The van der Waals surface area contributed by atoms with Crippen LogP contribution in [0.25, 0.3) is 0 Å². The van der Waals surface area contributed by atoms with Crippen LogP contribution in [0.15, 0.2) is 86.1 Å². The Morgan fingerprint density at radius 1 is 1.06 bits per heavy atom. The Bertz CT molecular complexity index is 1310. The predicted molar refractivity (Wildman–Crippen MR) is 131 cm³/mol. The fourth-order valence-electron chi connectivity index (χ4n) is 3.69. The van der Waals surface area contributed by atoms with Gasteiger partial charge in [0.25, 0.3) is 17.0 Å². The van der Waals surface area contributed by atoms with Gasteiger partial charge in [-0.2, -0.15) is 5.10 Å². The van der Waals surface area contributed by atoms with E-state index in [1.54, 1.807) is 6.26 Å². The van der Waals surface area contributed by atoms with E-state index in [-0.39, 0.29) is 24.3 Å². The van der Waals surface area contributed by atoms with Gasteiger partial charge in [-0.05, 0) is 43.7 Å². The van der Waals surface area contributed by atoms with Gasteiger partial charge in [0, 0.05) is 6.42 Å². The number of aryl methyl sites for hydroxylation is 2. The van der Waals surface area contributed by atoms with Gasteiger partial charge in [-0.25, -0.2) is 5.01 Å². The third-order valence-corrected chi connectivity index (χ3v) is 6.38. The highest BCUT2D eigenvalue weighted by molar-refractivity contribution is 7.99. The fraction of sp³-hybridized carbons (Fsp3) is 0.231. The minimum absolute atomic E-state index is 0.0995. The molecule has 4 aromatic rings. The average Bonchev–Trinajstić information content (AvgIpc) is 3.63. The molecule has 0 spiro atoms. The van der Waals surface area contributed by atoms with E-state index >= 15 is 0 Å². The van der Waals surface area contributed by atoms with E-state index in [2.05, 4.69) is 15.3 Å². The Labute approximate surface area is 207 Å². The first kappa shape index (κ1) is 22.9. The number of amides is 1. The van der Waals surface area contributed by atoms with Crippen LogP contribution in [0.3, 0.4) is 0 Å². The number of hydrogen-bond donors (Lipinski definition) is 0. The Morgan fingerprint density at radius 3 is 2.51 bits per heavy atom. The van der Waals surface area contributed by atoms with Crippen molar-refractivity contribution in [2.24, 2.45) is 5.10 Å². The molecule has 3 heterocycles. The van der Waals surface area contributed by atoms with E-state index in [4.69, 9.17) is 13.6 Å². The molecule has 1 atom stereocenters.